The van der Waals surface area contributed by atoms with Crippen LogP contribution in [0.4, 0.5) is 5.69 Å². The fourth-order valence-electron chi connectivity index (χ4n) is 1.56. The monoisotopic (exact) mass is 387 g/mol. The maximum atomic E-state index is 6.05. The van der Waals surface area contributed by atoms with Crippen molar-refractivity contribution in [1.82, 2.24) is 0 Å². The van der Waals surface area contributed by atoms with Gasteiger partial charge < -0.3 is 5.32 Å². The molecule has 0 aliphatic rings. The lowest BCUT2D eigenvalue weighted by Crippen LogP contribution is -1.99. The maximum Gasteiger partial charge on any atom is 0.0568 e. The lowest BCUT2D eigenvalue weighted by Gasteiger charge is -2.09. The third-order valence-electron chi connectivity index (χ3n) is 2.65. The van der Waals surface area contributed by atoms with Gasteiger partial charge in [0.25, 0.3) is 0 Å². The average Bonchev–Trinajstić information content (AvgIpc) is 2.35. The normalized spacial score (nSPS) is 10.4. The van der Waals surface area contributed by atoms with E-state index in [4.69, 9.17) is 11.6 Å². The molecular formula is C14H12Br2ClN. The molecule has 0 aliphatic carbocycles. The first-order chi connectivity index (χ1) is 8.56. The van der Waals surface area contributed by atoms with E-state index in [9.17, 15) is 0 Å². The highest BCUT2D eigenvalue weighted by molar-refractivity contribution is 9.10. The molecule has 0 fully saturated rings. The number of anilines is 1. The van der Waals surface area contributed by atoms with Gasteiger partial charge in [-0.15, -0.1) is 0 Å². The molecule has 94 valence electrons. The van der Waals surface area contributed by atoms with Crippen molar-refractivity contribution in [3.63, 3.8) is 0 Å². The second-order valence-electron chi connectivity index (χ2n) is 4.07. The molecule has 0 aliphatic heterocycles. The summed E-state index contributed by atoms with van der Waals surface area (Å²) in [6.07, 6.45) is 0. The highest BCUT2D eigenvalue weighted by Gasteiger charge is 2.00. The van der Waals surface area contributed by atoms with Crippen molar-refractivity contribution < 1.29 is 0 Å². The molecule has 0 atom stereocenters. The quantitative estimate of drug-likeness (QED) is 0.701. The van der Waals surface area contributed by atoms with E-state index < -0.39 is 0 Å². The molecule has 2 aromatic rings. The van der Waals surface area contributed by atoms with Crippen molar-refractivity contribution in [3.8, 4) is 0 Å². The Kier molecular flexibility index (Phi) is 4.71. The summed E-state index contributed by atoms with van der Waals surface area (Å²) in [6, 6.07) is 12.2. The second-order valence-corrected chi connectivity index (χ2v) is 6.18. The van der Waals surface area contributed by atoms with Crippen molar-refractivity contribution in [2.75, 3.05) is 5.32 Å². The highest BCUT2D eigenvalue weighted by atomic mass is 79.9. The van der Waals surface area contributed by atoms with Crippen LogP contribution < -0.4 is 5.32 Å². The molecule has 0 saturated carbocycles. The predicted molar refractivity (Wildman–Crippen MR) is 85.4 cm³/mol. The second kappa shape index (κ2) is 6.09. The smallest absolute Gasteiger partial charge is 0.0568 e. The van der Waals surface area contributed by atoms with E-state index in [2.05, 4.69) is 62.3 Å². The summed E-state index contributed by atoms with van der Waals surface area (Å²) < 4.78 is 2.04. The van der Waals surface area contributed by atoms with Crippen LogP contribution in [-0.2, 0) is 6.54 Å². The van der Waals surface area contributed by atoms with Gasteiger partial charge in [-0.3, -0.25) is 0 Å². The summed E-state index contributed by atoms with van der Waals surface area (Å²) in [6.45, 7) is 2.85. The topological polar surface area (TPSA) is 12.0 Å². The van der Waals surface area contributed by atoms with Crippen molar-refractivity contribution >= 4 is 49.1 Å². The van der Waals surface area contributed by atoms with Gasteiger partial charge in [-0.25, -0.2) is 0 Å². The Morgan fingerprint density at radius 2 is 1.83 bits per heavy atom. The minimum Gasteiger partial charge on any atom is -0.381 e. The first kappa shape index (κ1) is 13.9. The van der Waals surface area contributed by atoms with Crippen LogP contribution in [0.2, 0.25) is 5.02 Å². The number of hydrogen-bond donors (Lipinski definition) is 1. The summed E-state index contributed by atoms with van der Waals surface area (Å²) in [5.41, 5.74) is 3.48. The Morgan fingerprint density at radius 1 is 1.06 bits per heavy atom. The average molecular weight is 390 g/mol. The molecular weight excluding hydrogens is 377 g/mol. The van der Waals surface area contributed by atoms with Crippen molar-refractivity contribution in [2.24, 2.45) is 0 Å². The van der Waals surface area contributed by atoms with E-state index in [1.54, 1.807) is 0 Å². The fraction of sp³-hybridized carbons (Fsp3) is 0.143. The third kappa shape index (κ3) is 3.50. The van der Waals surface area contributed by atoms with Gasteiger partial charge in [-0.05, 0) is 58.2 Å². The summed E-state index contributed by atoms with van der Waals surface area (Å²) in [4.78, 5) is 0. The number of hydrogen-bond acceptors (Lipinski definition) is 1. The number of halogens is 3. The molecule has 0 heterocycles. The SMILES string of the molecule is Cc1ccc(CNc2ccc(Br)c(Cl)c2)cc1Br. The summed E-state index contributed by atoms with van der Waals surface area (Å²) in [5, 5.41) is 4.06. The molecule has 2 aromatic carbocycles. The Hall–Kier alpha value is -0.510. The molecule has 0 bridgehead atoms. The van der Waals surface area contributed by atoms with E-state index in [0.717, 1.165) is 21.2 Å². The fourth-order valence-corrected chi connectivity index (χ4v) is 2.41. The molecule has 4 heteroatoms. The van der Waals surface area contributed by atoms with Gasteiger partial charge in [-0.1, -0.05) is 39.7 Å². The Balaban J connectivity index is 2.06. The van der Waals surface area contributed by atoms with Crippen LogP contribution >= 0.6 is 43.5 Å². The molecule has 0 spiro atoms. The van der Waals surface area contributed by atoms with Gasteiger partial charge in [0.15, 0.2) is 0 Å². The minimum atomic E-state index is 0.713. The molecule has 0 unspecified atom stereocenters. The standard InChI is InChI=1S/C14H12Br2ClN/c1-9-2-3-10(6-13(9)16)8-18-11-4-5-12(15)14(17)7-11/h2-7,18H,8H2,1H3. The number of nitrogens with one attached hydrogen (secondary N) is 1. The molecule has 0 radical (unpaired) electrons. The summed E-state index contributed by atoms with van der Waals surface area (Å²) in [5.74, 6) is 0. The first-order valence-corrected chi connectivity index (χ1v) is 7.46. The number of aryl methyl sites for hydroxylation is 1. The molecule has 1 N–H and O–H groups in total. The van der Waals surface area contributed by atoms with E-state index in [1.165, 1.54) is 11.1 Å². The number of benzene rings is 2. The van der Waals surface area contributed by atoms with E-state index in [1.807, 2.05) is 18.2 Å². The van der Waals surface area contributed by atoms with Crippen LogP contribution in [0.1, 0.15) is 11.1 Å². The summed E-state index contributed by atoms with van der Waals surface area (Å²) in [7, 11) is 0. The minimum absolute atomic E-state index is 0.713. The molecule has 18 heavy (non-hydrogen) atoms. The zero-order valence-corrected chi connectivity index (χ0v) is 13.7. The zero-order chi connectivity index (χ0) is 13.1. The molecule has 1 nitrogen and oxygen atoms in total. The molecule has 0 aromatic heterocycles. The largest absolute Gasteiger partial charge is 0.381 e. The van der Waals surface area contributed by atoms with Crippen LogP contribution in [0, 0.1) is 6.92 Å². The van der Waals surface area contributed by atoms with Gasteiger partial charge in [-0.2, -0.15) is 0 Å². The Bertz CT molecular complexity index is 518. The maximum absolute atomic E-state index is 6.05. The Labute approximate surface area is 129 Å². The van der Waals surface area contributed by atoms with Crippen molar-refractivity contribution in [2.45, 2.75) is 13.5 Å². The Morgan fingerprint density at radius 3 is 2.50 bits per heavy atom. The van der Waals surface area contributed by atoms with Gasteiger partial charge in [0.1, 0.15) is 0 Å². The lowest BCUT2D eigenvalue weighted by molar-refractivity contribution is 1.14. The molecule has 0 amide bonds. The molecule has 0 saturated heterocycles. The predicted octanol–water partition coefficient (Wildman–Crippen LogP) is 5.79. The van der Waals surface area contributed by atoms with E-state index in [-0.39, 0.29) is 0 Å². The molecule has 2 rings (SSSR count). The van der Waals surface area contributed by atoms with E-state index >= 15 is 0 Å². The van der Waals surface area contributed by atoms with Gasteiger partial charge in [0.05, 0.1) is 5.02 Å². The van der Waals surface area contributed by atoms with Crippen LogP contribution in [0.25, 0.3) is 0 Å². The van der Waals surface area contributed by atoms with Crippen LogP contribution in [0.15, 0.2) is 45.3 Å². The van der Waals surface area contributed by atoms with E-state index in [0.29, 0.717) is 5.02 Å². The van der Waals surface area contributed by atoms with Crippen molar-refractivity contribution in [1.29, 1.82) is 0 Å². The van der Waals surface area contributed by atoms with Crippen LogP contribution in [-0.4, -0.2) is 0 Å². The first-order valence-electron chi connectivity index (χ1n) is 5.50. The van der Waals surface area contributed by atoms with Gasteiger partial charge in [0.2, 0.25) is 0 Å². The van der Waals surface area contributed by atoms with Crippen LogP contribution in [0.5, 0.6) is 0 Å². The van der Waals surface area contributed by atoms with Crippen molar-refractivity contribution in [3.05, 3.63) is 61.5 Å². The summed E-state index contributed by atoms with van der Waals surface area (Å²) >= 11 is 13.0. The third-order valence-corrected chi connectivity index (χ3v) is 4.74. The number of rotatable bonds is 3. The lowest BCUT2D eigenvalue weighted by atomic mass is 10.1. The highest BCUT2D eigenvalue weighted by Crippen LogP contribution is 2.26. The van der Waals surface area contributed by atoms with Gasteiger partial charge in [0, 0.05) is 21.2 Å². The van der Waals surface area contributed by atoms with Crippen LogP contribution in [0.3, 0.4) is 0 Å². The van der Waals surface area contributed by atoms with Gasteiger partial charge >= 0.3 is 0 Å². The zero-order valence-electron chi connectivity index (χ0n) is 9.81.